The maximum absolute atomic E-state index is 11.8. The van der Waals surface area contributed by atoms with Crippen molar-refractivity contribution in [3.63, 3.8) is 0 Å². The van der Waals surface area contributed by atoms with Gasteiger partial charge in [-0.15, -0.1) is 0 Å². The van der Waals surface area contributed by atoms with Gasteiger partial charge in [-0.3, -0.25) is 0 Å². The van der Waals surface area contributed by atoms with E-state index in [0.29, 0.717) is 11.3 Å². The SMILES string of the molecule is O=C(O)c1cnn2c1c(N1CCN(c3ccccc3)CC1)nc1ccccc12. The van der Waals surface area contributed by atoms with Gasteiger partial charge < -0.3 is 14.9 Å². The van der Waals surface area contributed by atoms with Gasteiger partial charge in [0.1, 0.15) is 11.1 Å². The molecule has 1 fully saturated rings. The Labute approximate surface area is 161 Å². The number of hydrogen-bond donors (Lipinski definition) is 1. The Morgan fingerprint density at radius 3 is 2.32 bits per heavy atom. The smallest absolute Gasteiger partial charge is 0.339 e. The summed E-state index contributed by atoms with van der Waals surface area (Å²) >= 11 is 0. The molecule has 28 heavy (non-hydrogen) atoms. The van der Waals surface area contributed by atoms with Gasteiger partial charge in [-0.25, -0.2) is 14.3 Å². The molecule has 140 valence electrons. The van der Waals surface area contributed by atoms with Gasteiger partial charge in [-0.1, -0.05) is 30.3 Å². The van der Waals surface area contributed by atoms with Crippen molar-refractivity contribution in [1.82, 2.24) is 14.6 Å². The maximum Gasteiger partial charge on any atom is 0.339 e. The number of hydrogen-bond acceptors (Lipinski definition) is 5. The fourth-order valence-corrected chi connectivity index (χ4v) is 3.84. The van der Waals surface area contributed by atoms with E-state index in [1.165, 1.54) is 11.9 Å². The minimum atomic E-state index is -0.990. The minimum Gasteiger partial charge on any atom is -0.478 e. The summed E-state index contributed by atoms with van der Waals surface area (Å²) < 4.78 is 1.70. The second-order valence-corrected chi connectivity index (χ2v) is 6.86. The van der Waals surface area contributed by atoms with Crippen molar-refractivity contribution in [3.8, 4) is 0 Å². The van der Waals surface area contributed by atoms with Gasteiger partial charge in [0, 0.05) is 31.9 Å². The fraction of sp³-hybridized carbons (Fsp3) is 0.190. The molecular weight excluding hydrogens is 354 g/mol. The molecule has 0 spiro atoms. The minimum absolute atomic E-state index is 0.179. The molecule has 1 saturated heterocycles. The summed E-state index contributed by atoms with van der Waals surface area (Å²) in [5.74, 6) is -0.308. The van der Waals surface area contributed by atoms with Crippen molar-refractivity contribution >= 4 is 34.0 Å². The van der Waals surface area contributed by atoms with Crippen LogP contribution in [0.2, 0.25) is 0 Å². The number of aromatic nitrogens is 3. The Morgan fingerprint density at radius 1 is 0.893 bits per heavy atom. The van der Waals surface area contributed by atoms with E-state index in [2.05, 4.69) is 27.0 Å². The van der Waals surface area contributed by atoms with E-state index in [0.717, 1.165) is 37.2 Å². The lowest BCUT2D eigenvalue weighted by atomic mass is 10.2. The number of fused-ring (bicyclic) bond motifs is 3. The van der Waals surface area contributed by atoms with Crippen LogP contribution < -0.4 is 9.80 Å². The van der Waals surface area contributed by atoms with Gasteiger partial charge in [0.25, 0.3) is 0 Å². The number of benzene rings is 2. The van der Waals surface area contributed by atoms with Gasteiger partial charge in [-0.05, 0) is 24.3 Å². The van der Waals surface area contributed by atoms with Gasteiger partial charge in [0.15, 0.2) is 5.82 Å². The van der Waals surface area contributed by atoms with Crippen molar-refractivity contribution in [3.05, 3.63) is 66.4 Å². The highest BCUT2D eigenvalue weighted by atomic mass is 16.4. The summed E-state index contributed by atoms with van der Waals surface area (Å²) in [5, 5.41) is 14.0. The molecule has 3 heterocycles. The molecule has 1 N–H and O–H groups in total. The number of para-hydroxylation sites is 3. The maximum atomic E-state index is 11.8. The van der Waals surface area contributed by atoms with Crippen LogP contribution in [0.15, 0.2) is 60.8 Å². The predicted octanol–water partition coefficient (Wildman–Crippen LogP) is 2.91. The zero-order chi connectivity index (χ0) is 19.1. The highest BCUT2D eigenvalue weighted by Gasteiger charge is 2.25. The monoisotopic (exact) mass is 373 g/mol. The van der Waals surface area contributed by atoms with Crippen molar-refractivity contribution in [2.75, 3.05) is 36.0 Å². The van der Waals surface area contributed by atoms with E-state index in [1.54, 1.807) is 4.52 Å². The molecule has 0 atom stereocenters. The molecular formula is C21H19N5O2. The quantitative estimate of drug-likeness (QED) is 0.595. The third-order valence-corrected chi connectivity index (χ3v) is 5.25. The van der Waals surface area contributed by atoms with Crippen LogP contribution in [-0.4, -0.2) is 51.9 Å². The van der Waals surface area contributed by atoms with E-state index in [9.17, 15) is 9.90 Å². The molecule has 0 aliphatic carbocycles. The Balaban J connectivity index is 1.56. The average Bonchev–Trinajstić information content (AvgIpc) is 3.20. The summed E-state index contributed by atoms with van der Waals surface area (Å²) in [7, 11) is 0. The summed E-state index contributed by atoms with van der Waals surface area (Å²) in [6.45, 7) is 3.22. The van der Waals surface area contributed by atoms with Crippen molar-refractivity contribution < 1.29 is 9.90 Å². The van der Waals surface area contributed by atoms with Crippen LogP contribution in [0.25, 0.3) is 16.6 Å². The van der Waals surface area contributed by atoms with Gasteiger partial charge in [-0.2, -0.15) is 5.10 Å². The molecule has 4 aromatic rings. The first-order valence-corrected chi connectivity index (χ1v) is 9.27. The van der Waals surface area contributed by atoms with E-state index in [4.69, 9.17) is 4.98 Å². The molecule has 0 radical (unpaired) electrons. The molecule has 0 saturated carbocycles. The van der Waals surface area contributed by atoms with Crippen LogP contribution in [0.3, 0.4) is 0 Å². The Morgan fingerprint density at radius 2 is 1.57 bits per heavy atom. The molecule has 7 heteroatoms. The zero-order valence-electron chi connectivity index (χ0n) is 15.2. The summed E-state index contributed by atoms with van der Waals surface area (Å²) in [4.78, 5) is 21.1. The Bertz CT molecular complexity index is 1160. The highest BCUT2D eigenvalue weighted by Crippen LogP contribution is 2.29. The first-order chi connectivity index (χ1) is 13.7. The Kier molecular flexibility index (Phi) is 3.86. The number of rotatable bonds is 3. The van der Waals surface area contributed by atoms with Gasteiger partial charge >= 0.3 is 5.97 Å². The lowest BCUT2D eigenvalue weighted by Gasteiger charge is -2.37. The molecule has 2 aromatic heterocycles. The van der Waals surface area contributed by atoms with Gasteiger partial charge in [0.05, 0.1) is 17.2 Å². The zero-order valence-corrected chi connectivity index (χ0v) is 15.2. The summed E-state index contributed by atoms with van der Waals surface area (Å²) in [6.07, 6.45) is 1.41. The summed E-state index contributed by atoms with van der Waals surface area (Å²) in [6, 6.07) is 18.0. The second-order valence-electron chi connectivity index (χ2n) is 6.86. The predicted molar refractivity (Wildman–Crippen MR) is 108 cm³/mol. The highest BCUT2D eigenvalue weighted by molar-refractivity contribution is 6.01. The molecule has 1 aliphatic heterocycles. The van der Waals surface area contributed by atoms with Crippen molar-refractivity contribution in [2.24, 2.45) is 0 Å². The van der Waals surface area contributed by atoms with Crippen LogP contribution >= 0.6 is 0 Å². The molecule has 7 nitrogen and oxygen atoms in total. The Hall–Kier alpha value is -3.61. The number of carboxylic acid groups (broad SMARTS) is 1. The third-order valence-electron chi connectivity index (χ3n) is 5.25. The topological polar surface area (TPSA) is 74.0 Å². The number of carbonyl (C=O) groups is 1. The normalized spacial score (nSPS) is 14.7. The van der Waals surface area contributed by atoms with Crippen LogP contribution in [0.1, 0.15) is 10.4 Å². The number of piperazine rings is 1. The van der Waals surface area contributed by atoms with E-state index in [-0.39, 0.29) is 5.56 Å². The van der Waals surface area contributed by atoms with Crippen LogP contribution in [0, 0.1) is 0 Å². The molecule has 5 rings (SSSR count). The van der Waals surface area contributed by atoms with E-state index < -0.39 is 5.97 Å². The van der Waals surface area contributed by atoms with Crippen LogP contribution in [0.4, 0.5) is 11.5 Å². The van der Waals surface area contributed by atoms with Crippen molar-refractivity contribution in [1.29, 1.82) is 0 Å². The molecule has 0 unspecified atom stereocenters. The summed E-state index contributed by atoms with van der Waals surface area (Å²) in [5.41, 5.74) is 3.54. The fourth-order valence-electron chi connectivity index (χ4n) is 3.84. The number of aromatic carboxylic acids is 1. The number of carboxylic acids is 1. The van der Waals surface area contributed by atoms with Crippen molar-refractivity contribution in [2.45, 2.75) is 0 Å². The molecule has 2 aromatic carbocycles. The second kappa shape index (κ2) is 6.53. The number of nitrogens with zero attached hydrogens (tertiary/aromatic N) is 5. The van der Waals surface area contributed by atoms with Crippen LogP contribution in [-0.2, 0) is 0 Å². The lowest BCUT2D eigenvalue weighted by molar-refractivity contribution is 0.0699. The van der Waals surface area contributed by atoms with E-state index >= 15 is 0 Å². The standard InChI is InChI=1S/C21H19N5O2/c27-21(28)16-14-22-26-18-9-5-4-8-17(18)23-20(19(16)26)25-12-10-24(11-13-25)15-6-2-1-3-7-15/h1-9,14H,10-13H2,(H,27,28). The molecule has 0 bridgehead atoms. The average molecular weight is 373 g/mol. The van der Waals surface area contributed by atoms with E-state index in [1.807, 2.05) is 42.5 Å². The van der Waals surface area contributed by atoms with Gasteiger partial charge in [0.2, 0.25) is 0 Å². The number of anilines is 2. The largest absolute Gasteiger partial charge is 0.478 e. The lowest BCUT2D eigenvalue weighted by Crippen LogP contribution is -2.47. The first kappa shape index (κ1) is 16.6. The molecule has 1 aliphatic rings. The molecule has 0 amide bonds. The van der Waals surface area contributed by atoms with Crippen LogP contribution in [0.5, 0.6) is 0 Å². The third kappa shape index (κ3) is 2.63. The first-order valence-electron chi connectivity index (χ1n) is 9.27.